The molecule has 33 heavy (non-hydrogen) atoms. The van der Waals surface area contributed by atoms with E-state index in [1.807, 2.05) is 19.9 Å². The molecule has 0 radical (unpaired) electrons. The molecule has 0 atom stereocenters. The number of hydrogen-bond acceptors (Lipinski definition) is 6. The van der Waals surface area contributed by atoms with Gasteiger partial charge in [0.2, 0.25) is 11.8 Å². The van der Waals surface area contributed by atoms with Gasteiger partial charge < -0.3 is 25.2 Å². The fourth-order valence-corrected chi connectivity index (χ4v) is 3.82. The lowest BCUT2D eigenvalue weighted by Gasteiger charge is -2.15. The van der Waals surface area contributed by atoms with E-state index in [4.69, 9.17) is 9.47 Å². The molecule has 1 aliphatic rings. The molecule has 3 N–H and O–H groups in total. The van der Waals surface area contributed by atoms with Crippen molar-refractivity contribution in [1.82, 2.24) is 0 Å². The predicted molar refractivity (Wildman–Crippen MR) is 125 cm³/mol. The summed E-state index contributed by atoms with van der Waals surface area (Å²) in [4.78, 5) is 35.6. The van der Waals surface area contributed by atoms with Crippen molar-refractivity contribution in [2.45, 2.75) is 46.6 Å². The highest BCUT2D eigenvalue weighted by molar-refractivity contribution is 5.98. The Kier molecular flexibility index (Phi) is 7.37. The summed E-state index contributed by atoms with van der Waals surface area (Å²) in [5, 5.41) is 16.2. The molecule has 174 valence electrons. The molecule has 0 bridgehead atoms. The number of aromatic hydroxyl groups is 1. The molecule has 2 aromatic carbocycles. The van der Waals surface area contributed by atoms with Crippen LogP contribution in [0.1, 0.15) is 53.7 Å². The summed E-state index contributed by atoms with van der Waals surface area (Å²) in [5.74, 6) is -0.452. The van der Waals surface area contributed by atoms with Gasteiger partial charge in [-0.3, -0.25) is 9.59 Å². The van der Waals surface area contributed by atoms with E-state index >= 15 is 0 Å². The minimum atomic E-state index is -0.533. The first-order chi connectivity index (χ1) is 15.7. The van der Waals surface area contributed by atoms with E-state index < -0.39 is 5.97 Å². The summed E-state index contributed by atoms with van der Waals surface area (Å²) >= 11 is 0. The van der Waals surface area contributed by atoms with Crippen LogP contribution in [0.4, 0.5) is 11.4 Å². The van der Waals surface area contributed by atoms with E-state index in [1.54, 1.807) is 24.3 Å². The fourth-order valence-electron chi connectivity index (χ4n) is 3.82. The van der Waals surface area contributed by atoms with E-state index in [2.05, 4.69) is 10.6 Å². The van der Waals surface area contributed by atoms with Gasteiger partial charge in [0.05, 0.1) is 7.11 Å². The number of fused-ring (bicyclic) bond motifs is 1. The number of amides is 2. The monoisotopic (exact) mass is 452 g/mol. The lowest BCUT2D eigenvalue weighted by Crippen LogP contribution is -2.12. The number of phenols is 1. The number of esters is 1. The molecule has 0 aliphatic carbocycles. The molecule has 3 rings (SSSR count). The third kappa shape index (κ3) is 5.52. The van der Waals surface area contributed by atoms with Crippen LogP contribution in [0.3, 0.4) is 0 Å². The van der Waals surface area contributed by atoms with Gasteiger partial charge >= 0.3 is 5.97 Å². The fraction of sp³-hybridized carbons (Fsp3) is 0.320. The van der Waals surface area contributed by atoms with Gasteiger partial charge in [-0.15, -0.1) is 0 Å². The van der Waals surface area contributed by atoms with Gasteiger partial charge in [-0.2, -0.15) is 0 Å². The van der Waals surface area contributed by atoms with E-state index in [-0.39, 0.29) is 36.2 Å². The first-order valence-electron chi connectivity index (χ1n) is 10.6. The summed E-state index contributed by atoms with van der Waals surface area (Å²) in [5.41, 5.74) is 4.32. The average molecular weight is 453 g/mol. The van der Waals surface area contributed by atoms with Crippen LogP contribution in [0.5, 0.6) is 11.5 Å². The predicted octanol–water partition coefficient (Wildman–Crippen LogP) is 4.25. The molecular formula is C25H28N2O6. The van der Waals surface area contributed by atoms with Crippen molar-refractivity contribution in [2.24, 2.45) is 0 Å². The summed E-state index contributed by atoms with van der Waals surface area (Å²) < 4.78 is 10.6. The van der Waals surface area contributed by atoms with Crippen LogP contribution in [-0.4, -0.2) is 30.0 Å². The van der Waals surface area contributed by atoms with Gasteiger partial charge in [-0.05, 0) is 50.5 Å². The molecule has 2 amide bonds. The summed E-state index contributed by atoms with van der Waals surface area (Å²) in [7, 11) is 1.52. The molecule has 2 aromatic rings. The zero-order chi connectivity index (χ0) is 24.1. The van der Waals surface area contributed by atoms with Crippen LogP contribution >= 0.6 is 0 Å². The third-order valence-electron chi connectivity index (χ3n) is 5.52. The largest absolute Gasteiger partial charge is 0.507 e. The molecule has 1 aliphatic heterocycles. The molecule has 8 heteroatoms. The molecule has 0 unspecified atom stereocenters. The molecule has 0 spiro atoms. The molecule has 0 aromatic heterocycles. The summed E-state index contributed by atoms with van der Waals surface area (Å²) in [6.07, 6.45) is 3.05. The van der Waals surface area contributed by atoms with Crippen molar-refractivity contribution in [3.05, 3.63) is 58.2 Å². The van der Waals surface area contributed by atoms with Gasteiger partial charge in [0.1, 0.15) is 23.7 Å². The smallest absolute Gasteiger partial charge is 0.342 e. The number of ether oxygens (including phenoxy) is 2. The number of anilines is 2. The molecule has 8 nitrogen and oxygen atoms in total. The van der Waals surface area contributed by atoms with E-state index in [1.165, 1.54) is 14.0 Å². The van der Waals surface area contributed by atoms with Gasteiger partial charge in [-0.25, -0.2) is 4.79 Å². The minimum absolute atomic E-state index is 0.115. The van der Waals surface area contributed by atoms with Crippen LogP contribution in [0.25, 0.3) is 0 Å². The topological polar surface area (TPSA) is 114 Å². The van der Waals surface area contributed by atoms with Gasteiger partial charge in [0, 0.05) is 35.8 Å². The van der Waals surface area contributed by atoms with E-state index in [0.29, 0.717) is 41.1 Å². The van der Waals surface area contributed by atoms with Gasteiger partial charge in [0.15, 0.2) is 0 Å². The maximum absolute atomic E-state index is 12.4. The van der Waals surface area contributed by atoms with E-state index in [0.717, 1.165) is 11.1 Å². The van der Waals surface area contributed by atoms with Crippen molar-refractivity contribution >= 4 is 29.2 Å². The van der Waals surface area contributed by atoms with Crippen molar-refractivity contribution in [1.29, 1.82) is 0 Å². The second kappa shape index (κ2) is 10.2. The zero-order valence-electron chi connectivity index (χ0n) is 19.2. The number of carbonyl (C=O) groups excluding carboxylic acids is 3. The number of rotatable bonds is 8. The Morgan fingerprint density at radius 3 is 2.55 bits per heavy atom. The molecular weight excluding hydrogens is 424 g/mol. The molecule has 0 saturated heterocycles. The van der Waals surface area contributed by atoms with Crippen LogP contribution in [0.15, 0.2) is 35.9 Å². The summed E-state index contributed by atoms with van der Waals surface area (Å²) in [6, 6.07) is 6.94. The normalized spacial score (nSPS) is 12.7. The maximum atomic E-state index is 12.4. The Morgan fingerprint density at radius 1 is 1.18 bits per heavy atom. The quantitative estimate of drug-likeness (QED) is 0.408. The second-order valence-corrected chi connectivity index (χ2v) is 7.98. The first kappa shape index (κ1) is 23.8. The van der Waals surface area contributed by atoms with E-state index in [9.17, 15) is 19.5 Å². The number of phenolic OH excluding ortho intramolecular Hbond substituents is 1. The molecule has 1 heterocycles. The Balaban J connectivity index is 1.64. The van der Waals surface area contributed by atoms with Crippen molar-refractivity contribution < 1.29 is 29.0 Å². The number of benzene rings is 2. The van der Waals surface area contributed by atoms with Crippen LogP contribution in [0.2, 0.25) is 0 Å². The Morgan fingerprint density at radius 2 is 1.88 bits per heavy atom. The standard InChI is InChI=1S/C25H28N2O6/c1-14(9-11-21(29)27-18-7-5-6-17(12-18)26-16(3)28)8-10-19-23(30)22-20(13-33-25(22)31)15(2)24(19)32-4/h5-8,12,30H,9-11,13H2,1-4H3,(H,26,28)(H,27,29)/b14-8+. The Bertz CT molecular complexity index is 1140. The highest BCUT2D eigenvalue weighted by Crippen LogP contribution is 2.42. The average Bonchev–Trinajstić information content (AvgIpc) is 3.15. The number of nitrogens with one attached hydrogen (secondary N) is 2. The maximum Gasteiger partial charge on any atom is 0.342 e. The van der Waals surface area contributed by atoms with Crippen molar-refractivity contribution in [2.75, 3.05) is 17.7 Å². The van der Waals surface area contributed by atoms with Crippen molar-refractivity contribution in [3.8, 4) is 11.5 Å². The number of allylic oxidation sites excluding steroid dienone is 2. The van der Waals surface area contributed by atoms with Crippen LogP contribution < -0.4 is 15.4 Å². The zero-order valence-corrected chi connectivity index (χ0v) is 19.2. The second-order valence-electron chi connectivity index (χ2n) is 7.98. The minimum Gasteiger partial charge on any atom is -0.507 e. The lowest BCUT2D eigenvalue weighted by atomic mass is 9.94. The molecule has 0 fully saturated rings. The SMILES string of the molecule is COc1c(C)c2c(c(O)c1C/C=C(\C)CCC(=O)Nc1cccc(NC(C)=O)c1)C(=O)OC2. The lowest BCUT2D eigenvalue weighted by molar-refractivity contribution is -0.116. The Hall–Kier alpha value is -3.81. The summed E-state index contributed by atoms with van der Waals surface area (Å²) in [6.45, 7) is 5.29. The van der Waals surface area contributed by atoms with Gasteiger partial charge in [-0.1, -0.05) is 17.7 Å². The molecule has 0 saturated carbocycles. The van der Waals surface area contributed by atoms with Crippen LogP contribution in [-0.2, 0) is 27.4 Å². The Labute approximate surface area is 192 Å². The van der Waals surface area contributed by atoms with Crippen molar-refractivity contribution in [3.63, 3.8) is 0 Å². The van der Waals surface area contributed by atoms with Gasteiger partial charge in [0.25, 0.3) is 0 Å². The third-order valence-corrected chi connectivity index (χ3v) is 5.52. The number of carbonyl (C=O) groups is 3. The number of cyclic esters (lactones) is 1. The first-order valence-corrected chi connectivity index (χ1v) is 10.6. The number of hydrogen-bond donors (Lipinski definition) is 3. The highest BCUT2D eigenvalue weighted by atomic mass is 16.5. The highest BCUT2D eigenvalue weighted by Gasteiger charge is 2.31. The number of methoxy groups -OCH3 is 1. The van der Waals surface area contributed by atoms with Crippen LogP contribution in [0, 0.1) is 6.92 Å².